The Morgan fingerprint density at radius 3 is 2.52 bits per heavy atom. The molecule has 1 aliphatic rings. The lowest BCUT2D eigenvalue weighted by atomic mass is 10.0. The maximum atomic E-state index is 12.4. The zero-order chi connectivity index (χ0) is 16.9. The maximum Gasteiger partial charge on any atom is 0.227 e. The first-order valence-corrected chi connectivity index (χ1v) is 9.89. The summed E-state index contributed by atoms with van der Waals surface area (Å²) in [6.45, 7) is 5.09. The summed E-state index contributed by atoms with van der Waals surface area (Å²) in [7, 11) is -3.18. The molecule has 0 atom stereocenters. The van der Waals surface area contributed by atoms with Gasteiger partial charge in [0.15, 0.2) is 0 Å². The second-order valence-corrected chi connectivity index (χ2v) is 8.07. The van der Waals surface area contributed by atoms with E-state index in [1.165, 1.54) is 0 Å². The lowest BCUT2D eigenvalue weighted by Gasteiger charge is -2.32. The van der Waals surface area contributed by atoms with Gasteiger partial charge in [-0.3, -0.25) is 4.79 Å². The number of carbonyl (C=O) groups is 1. The van der Waals surface area contributed by atoms with Crippen molar-refractivity contribution in [1.29, 1.82) is 0 Å². The summed E-state index contributed by atoms with van der Waals surface area (Å²) in [5.74, 6) is 0.286. The van der Waals surface area contributed by atoms with Crippen molar-refractivity contribution in [3.05, 3.63) is 35.4 Å². The van der Waals surface area contributed by atoms with Gasteiger partial charge in [0.1, 0.15) is 0 Å². The van der Waals surface area contributed by atoms with Gasteiger partial charge in [0.2, 0.25) is 15.9 Å². The number of hydrogen-bond donors (Lipinski definition) is 1. The quantitative estimate of drug-likeness (QED) is 0.861. The Morgan fingerprint density at radius 2 is 1.91 bits per heavy atom. The van der Waals surface area contributed by atoms with E-state index >= 15 is 0 Å². The molecule has 0 saturated carbocycles. The normalized spacial score (nSPS) is 16.5. The summed E-state index contributed by atoms with van der Waals surface area (Å²) in [6.07, 6.45) is 2.40. The van der Waals surface area contributed by atoms with Gasteiger partial charge >= 0.3 is 0 Å². The zero-order valence-electron chi connectivity index (χ0n) is 13.9. The average molecular weight is 338 g/mol. The van der Waals surface area contributed by atoms with Crippen molar-refractivity contribution in [2.45, 2.75) is 45.6 Å². The van der Waals surface area contributed by atoms with Crippen LogP contribution < -0.4 is 4.72 Å². The van der Waals surface area contributed by atoms with Crippen LogP contribution in [0.4, 0.5) is 0 Å². The van der Waals surface area contributed by atoms with E-state index in [1.54, 1.807) is 0 Å². The fraction of sp³-hybridized carbons (Fsp3) is 0.588. The minimum atomic E-state index is -3.18. The largest absolute Gasteiger partial charge is 0.342 e. The number of benzene rings is 1. The first-order valence-electron chi connectivity index (χ1n) is 8.23. The van der Waals surface area contributed by atoms with Crippen molar-refractivity contribution >= 4 is 15.9 Å². The Bertz CT molecular complexity index is 635. The lowest BCUT2D eigenvalue weighted by molar-refractivity contribution is -0.131. The molecule has 1 heterocycles. The fourth-order valence-corrected chi connectivity index (χ4v) is 4.31. The molecule has 1 fully saturated rings. The zero-order valence-corrected chi connectivity index (χ0v) is 14.7. The van der Waals surface area contributed by atoms with E-state index in [1.807, 2.05) is 43.0 Å². The third-order valence-corrected chi connectivity index (χ3v) is 5.91. The predicted molar refractivity (Wildman–Crippen MR) is 91.7 cm³/mol. The summed E-state index contributed by atoms with van der Waals surface area (Å²) in [4.78, 5) is 14.2. The van der Waals surface area contributed by atoms with Gasteiger partial charge in [-0.15, -0.1) is 0 Å². The second kappa shape index (κ2) is 7.93. The SMILES string of the molecule is CCCS(=O)(=O)NC1CCN(C(=O)Cc2ccccc2C)CC1. The number of amides is 1. The van der Waals surface area contributed by atoms with Gasteiger partial charge in [-0.2, -0.15) is 0 Å². The number of hydrogen-bond acceptors (Lipinski definition) is 3. The van der Waals surface area contributed by atoms with Gasteiger partial charge in [-0.1, -0.05) is 31.2 Å². The highest BCUT2D eigenvalue weighted by molar-refractivity contribution is 7.89. The Balaban J connectivity index is 1.84. The van der Waals surface area contributed by atoms with Crippen LogP contribution in [0.5, 0.6) is 0 Å². The molecular weight excluding hydrogens is 312 g/mol. The number of nitrogens with zero attached hydrogens (tertiary/aromatic N) is 1. The van der Waals surface area contributed by atoms with Gasteiger partial charge < -0.3 is 4.90 Å². The van der Waals surface area contributed by atoms with Crippen LogP contribution >= 0.6 is 0 Å². The number of carbonyl (C=O) groups excluding carboxylic acids is 1. The first-order chi connectivity index (χ1) is 10.9. The molecule has 1 aromatic carbocycles. The smallest absolute Gasteiger partial charge is 0.227 e. The van der Waals surface area contributed by atoms with Crippen molar-refractivity contribution in [2.24, 2.45) is 0 Å². The molecule has 0 spiro atoms. The van der Waals surface area contributed by atoms with Crippen molar-refractivity contribution in [1.82, 2.24) is 9.62 Å². The van der Waals surface area contributed by atoms with E-state index in [0.717, 1.165) is 11.1 Å². The van der Waals surface area contributed by atoms with Crippen LogP contribution in [-0.4, -0.2) is 44.1 Å². The van der Waals surface area contributed by atoms with Crippen LogP contribution in [0.15, 0.2) is 24.3 Å². The van der Waals surface area contributed by atoms with Crippen molar-refractivity contribution in [3.8, 4) is 0 Å². The monoisotopic (exact) mass is 338 g/mol. The Kier molecular flexibility index (Phi) is 6.18. The van der Waals surface area contributed by atoms with E-state index < -0.39 is 10.0 Å². The maximum absolute atomic E-state index is 12.4. The number of sulfonamides is 1. The predicted octanol–water partition coefficient (Wildman–Crippen LogP) is 1.86. The van der Waals surface area contributed by atoms with Gasteiger partial charge in [0.05, 0.1) is 12.2 Å². The highest BCUT2D eigenvalue weighted by atomic mass is 32.2. The Morgan fingerprint density at radius 1 is 1.26 bits per heavy atom. The molecule has 1 saturated heterocycles. The van der Waals surface area contributed by atoms with Crippen LogP contribution in [-0.2, 0) is 21.2 Å². The molecule has 5 nitrogen and oxygen atoms in total. The van der Waals surface area contributed by atoms with E-state index in [-0.39, 0.29) is 17.7 Å². The summed E-state index contributed by atoms with van der Waals surface area (Å²) < 4.78 is 26.4. The third-order valence-electron chi connectivity index (χ3n) is 4.27. The van der Waals surface area contributed by atoms with Gasteiger partial charge in [0.25, 0.3) is 0 Å². The van der Waals surface area contributed by atoms with E-state index in [2.05, 4.69) is 4.72 Å². The van der Waals surface area contributed by atoms with E-state index in [9.17, 15) is 13.2 Å². The molecule has 0 bridgehead atoms. The summed E-state index contributed by atoms with van der Waals surface area (Å²) in [5.41, 5.74) is 2.19. The Hall–Kier alpha value is -1.40. The summed E-state index contributed by atoms with van der Waals surface area (Å²) >= 11 is 0. The molecule has 6 heteroatoms. The van der Waals surface area contributed by atoms with Crippen LogP contribution in [0.1, 0.15) is 37.3 Å². The molecule has 1 amide bonds. The fourth-order valence-electron chi connectivity index (χ4n) is 2.91. The van der Waals surface area contributed by atoms with Crippen LogP contribution in [0.25, 0.3) is 0 Å². The summed E-state index contributed by atoms with van der Waals surface area (Å²) in [5, 5.41) is 0. The minimum absolute atomic E-state index is 0.0472. The first kappa shape index (κ1) is 17.9. The van der Waals surface area contributed by atoms with Crippen LogP contribution in [0.3, 0.4) is 0 Å². The summed E-state index contributed by atoms with van der Waals surface area (Å²) in [6, 6.07) is 7.87. The van der Waals surface area contributed by atoms with Crippen LogP contribution in [0, 0.1) is 6.92 Å². The van der Waals surface area contributed by atoms with Gasteiger partial charge in [0, 0.05) is 19.1 Å². The molecule has 2 rings (SSSR count). The molecule has 0 aliphatic carbocycles. The van der Waals surface area contributed by atoms with E-state index in [0.29, 0.717) is 38.8 Å². The average Bonchev–Trinajstić information content (AvgIpc) is 2.49. The topological polar surface area (TPSA) is 66.5 Å². The van der Waals surface area contributed by atoms with Crippen LogP contribution in [0.2, 0.25) is 0 Å². The highest BCUT2D eigenvalue weighted by Crippen LogP contribution is 2.15. The molecule has 1 N–H and O–H groups in total. The molecule has 23 heavy (non-hydrogen) atoms. The third kappa shape index (κ3) is 5.32. The lowest BCUT2D eigenvalue weighted by Crippen LogP contribution is -2.47. The number of aryl methyl sites for hydroxylation is 1. The minimum Gasteiger partial charge on any atom is -0.342 e. The number of piperidine rings is 1. The standard InChI is InChI=1S/C17H26N2O3S/c1-3-12-23(21,22)18-16-8-10-19(11-9-16)17(20)13-15-7-5-4-6-14(15)2/h4-7,16,18H,3,8-13H2,1-2H3. The van der Waals surface area contributed by atoms with Crippen molar-refractivity contribution in [2.75, 3.05) is 18.8 Å². The van der Waals surface area contributed by atoms with E-state index in [4.69, 9.17) is 0 Å². The van der Waals surface area contributed by atoms with Gasteiger partial charge in [-0.25, -0.2) is 13.1 Å². The number of rotatable bonds is 6. The second-order valence-electron chi connectivity index (χ2n) is 6.20. The highest BCUT2D eigenvalue weighted by Gasteiger charge is 2.25. The number of nitrogens with one attached hydrogen (secondary N) is 1. The molecule has 128 valence electrons. The molecular formula is C17H26N2O3S. The molecule has 0 radical (unpaired) electrons. The number of likely N-dealkylation sites (tertiary alicyclic amines) is 1. The molecule has 0 aromatic heterocycles. The molecule has 0 unspecified atom stereocenters. The van der Waals surface area contributed by atoms with Gasteiger partial charge in [-0.05, 0) is 37.3 Å². The van der Waals surface area contributed by atoms with Crippen molar-refractivity contribution < 1.29 is 13.2 Å². The molecule has 1 aliphatic heterocycles. The Labute approximate surface area is 139 Å². The van der Waals surface area contributed by atoms with Crippen molar-refractivity contribution in [3.63, 3.8) is 0 Å². The molecule has 1 aromatic rings.